The van der Waals surface area contributed by atoms with Gasteiger partial charge in [-0.05, 0) is 72.5 Å². The molecule has 0 saturated carbocycles. The summed E-state index contributed by atoms with van der Waals surface area (Å²) >= 11 is 0. The number of imidazole rings is 1. The largest absolute Gasteiger partial charge is 0.348 e. The Hall–Kier alpha value is -3.91. The van der Waals surface area contributed by atoms with Gasteiger partial charge in [0.2, 0.25) is 0 Å². The molecule has 174 valence electrons. The standard InChI is InChI=1S/C26H26N4O3S/c1-19-6-9-24(14-20(19)2)29-34(32,33)25-10-7-23(8-11-25)26(31)28-16-21-4-3-5-22(15-21)17-30-13-12-27-18-30/h3-15,18,29H,16-17H2,1-2H3,(H,28,31). The van der Waals surface area contributed by atoms with Gasteiger partial charge in [-0.15, -0.1) is 0 Å². The number of aromatic nitrogens is 2. The molecule has 0 aliphatic carbocycles. The molecule has 0 spiro atoms. The van der Waals surface area contributed by atoms with Crippen LogP contribution in [-0.4, -0.2) is 23.9 Å². The van der Waals surface area contributed by atoms with Crippen molar-refractivity contribution in [3.05, 3.63) is 113 Å². The lowest BCUT2D eigenvalue weighted by Crippen LogP contribution is -2.23. The van der Waals surface area contributed by atoms with E-state index in [1.54, 1.807) is 24.7 Å². The van der Waals surface area contributed by atoms with E-state index in [2.05, 4.69) is 15.0 Å². The summed E-state index contributed by atoms with van der Waals surface area (Å²) < 4.78 is 30.0. The van der Waals surface area contributed by atoms with Crippen molar-refractivity contribution in [2.24, 2.45) is 0 Å². The van der Waals surface area contributed by atoms with Gasteiger partial charge in [0.15, 0.2) is 0 Å². The highest BCUT2D eigenvalue weighted by molar-refractivity contribution is 7.92. The van der Waals surface area contributed by atoms with E-state index >= 15 is 0 Å². The first-order valence-corrected chi connectivity index (χ1v) is 12.3. The average molecular weight is 475 g/mol. The quantitative estimate of drug-likeness (QED) is 0.399. The van der Waals surface area contributed by atoms with Crippen LogP contribution in [0.15, 0.2) is 90.3 Å². The zero-order valence-corrected chi connectivity index (χ0v) is 19.8. The van der Waals surface area contributed by atoms with E-state index in [0.29, 0.717) is 24.3 Å². The van der Waals surface area contributed by atoms with Gasteiger partial charge in [-0.3, -0.25) is 9.52 Å². The van der Waals surface area contributed by atoms with Crippen molar-refractivity contribution in [2.75, 3.05) is 4.72 Å². The molecule has 0 fully saturated rings. The van der Waals surface area contributed by atoms with Crippen molar-refractivity contribution in [3.8, 4) is 0 Å². The summed E-state index contributed by atoms with van der Waals surface area (Å²) in [6, 6.07) is 19.2. The number of rotatable bonds is 8. The molecular weight excluding hydrogens is 448 g/mol. The molecule has 4 rings (SSSR count). The van der Waals surface area contributed by atoms with E-state index in [1.807, 2.05) is 54.9 Å². The van der Waals surface area contributed by atoms with E-state index in [1.165, 1.54) is 24.3 Å². The lowest BCUT2D eigenvalue weighted by molar-refractivity contribution is 0.0951. The molecule has 1 heterocycles. The highest BCUT2D eigenvalue weighted by Crippen LogP contribution is 2.19. The van der Waals surface area contributed by atoms with E-state index in [9.17, 15) is 13.2 Å². The van der Waals surface area contributed by atoms with Gasteiger partial charge in [0.1, 0.15) is 0 Å². The molecule has 0 aliphatic heterocycles. The monoisotopic (exact) mass is 474 g/mol. The number of aryl methyl sites for hydroxylation is 2. The number of anilines is 1. The molecule has 4 aromatic rings. The lowest BCUT2D eigenvalue weighted by atomic mass is 10.1. The Morgan fingerprint density at radius 2 is 1.71 bits per heavy atom. The molecule has 7 nitrogen and oxygen atoms in total. The molecule has 0 aliphatic rings. The number of carbonyl (C=O) groups is 1. The summed E-state index contributed by atoms with van der Waals surface area (Å²) in [5.41, 5.74) is 5.06. The van der Waals surface area contributed by atoms with E-state index in [0.717, 1.165) is 22.3 Å². The predicted molar refractivity (Wildman–Crippen MR) is 132 cm³/mol. The molecule has 1 aromatic heterocycles. The highest BCUT2D eigenvalue weighted by atomic mass is 32.2. The molecule has 34 heavy (non-hydrogen) atoms. The molecular formula is C26H26N4O3S. The first-order chi connectivity index (χ1) is 16.3. The number of hydrogen-bond acceptors (Lipinski definition) is 4. The molecule has 8 heteroatoms. The molecule has 3 aromatic carbocycles. The maximum Gasteiger partial charge on any atom is 0.261 e. The Bertz CT molecular complexity index is 1400. The van der Waals surface area contributed by atoms with Gasteiger partial charge >= 0.3 is 0 Å². The zero-order chi connectivity index (χ0) is 24.1. The second-order valence-corrected chi connectivity index (χ2v) is 9.85. The minimum atomic E-state index is -3.76. The summed E-state index contributed by atoms with van der Waals surface area (Å²) in [6.07, 6.45) is 5.39. The molecule has 0 unspecified atom stereocenters. The van der Waals surface area contributed by atoms with Crippen LogP contribution >= 0.6 is 0 Å². The fourth-order valence-corrected chi connectivity index (χ4v) is 4.57. The van der Waals surface area contributed by atoms with Crippen molar-refractivity contribution in [1.82, 2.24) is 14.9 Å². The van der Waals surface area contributed by atoms with Crippen molar-refractivity contribution in [1.29, 1.82) is 0 Å². The van der Waals surface area contributed by atoms with Gasteiger partial charge in [-0.25, -0.2) is 13.4 Å². The number of carbonyl (C=O) groups excluding carboxylic acids is 1. The number of sulfonamides is 1. The van der Waals surface area contributed by atoms with Crippen molar-refractivity contribution in [3.63, 3.8) is 0 Å². The summed E-state index contributed by atoms with van der Waals surface area (Å²) in [4.78, 5) is 16.7. The minimum absolute atomic E-state index is 0.0921. The molecule has 0 atom stereocenters. The molecule has 0 radical (unpaired) electrons. The van der Waals surface area contributed by atoms with Gasteiger partial charge in [0.05, 0.1) is 11.2 Å². The molecule has 0 saturated heterocycles. The van der Waals surface area contributed by atoms with Crippen LogP contribution in [0.4, 0.5) is 5.69 Å². The number of nitrogens with one attached hydrogen (secondary N) is 2. The smallest absolute Gasteiger partial charge is 0.261 e. The van der Waals surface area contributed by atoms with Crippen LogP contribution in [0.25, 0.3) is 0 Å². The van der Waals surface area contributed by atoms with Gasteiger partial charge < -0.3 is 9.88 Å². The molecule has 1 amide bonds. The minimum Gasteiger partial charge on any atom is -0.348 e. The number of amides is 1. The van der Waals surface area contributed by atoms with Crippen LogP contribution in [0, 0.1) is 13.8 Å². The predicted octanol–water partition coefficient (Wildman–Crippen LogP) is 4.28. The normalized spacial score (nSPS) is 11.2. The van der Waals surface area contributed by atoms with Gasteiger partial charge in [-0.1, -0.05) is 30.3 Å². The third-order valence-electron chi connectivity index (χ3n) is 5.55. The fraction of sp³-hybridized carbons (Fsp3) is 0.154. The Morgan fingerprint density at radius 3 is 2.41 bits per heavy atom. The van der Waals surface area contributed by atoms with Crippen LogP contribution < -0.4 is 10.0 Å². The topological polar surface area (TPSA) is 93.1 Å². The van der Waals surface area contributed by atoms with Crippen LogP contribution in [0.2, 0.25) is 0 Å². The highest BCUT2D eigenvalue weighted by Gasteiger charge is 2.15. The summed E-state index contributed by atoms with van der Waals surface area (Å²) in [6.45, 7) is 4.96. The molecule has 2 N–H and O–H groups in total. The second-order valence-electron chi connectivity index (χ2n) is 8.17. The summed E-state index contributed by atoms with van der Waals surface area (Å²) in [5.74, 6) is -0.272. The second kappa shape index (κ2) is 9.93. The van der Waals surface area contributed by atoms with Crippen LogP contribution in [0.3, 0.4) is 0 Å². The third kappa shape index (κ3) is 5.71. The van der Waals surface area contributed by atoms with E-state index in [-0.39, 0.29) is 10.8 Å². The number of nitrogens with zero attached hydrogens (tertiary/aromatic N) is 2. The van der Waals surface area contributed by atoms with Crippen molar-refractivity contribution >= 4 is 21.6 Å². The lowest BCUT2D eigenvalue weighted by Gasteiger charge is -2.11. The number of hydrogen-bond donors (Lipinski definition) is 2. The SMILES string of the molecule is Cc1ccc(NS(=O)(=O)c2ccc(C(=O)NCc3cccc(Cn4ccnc4)c3)cc2)cc1C. The van der Waals surface area contributed by atoms with Gasteiger partial charge in [0, 0.05) is 36.7 Å². The van der Waals surface area contributed by atoms with Gasteiger partial charge in [-0.2, -0.15) is 0 Å². The zero-order valence-electron chi connectivity index (χ0n) is 19.0. The molecule has 0 bridgehead atoms. The average Bonchev–Trinajstić information content (AvgIpc) is 3.33. The van der Waals surface area contributed by atoms with Gasteiger partial charge in [0.25, 0.3) is 15.9 Å². The first kappa shape index (κ1) is 23.3. The maximum atomic E-state index is 12.7. The summed E-state index contributed by atoms with van der Waals surface area (Å²) in [5, 5.41) is 2.89. The van der Waals surface area contributed by atoms with E-state index in [4.69, 9.17) is 0 Å². The maximum absolute atomic E-state index is 12.7. The Balaban J connectivity index is 1.38. The Labute approximate surface area is 199 Å². The van der Waals surface area contributed by atoms with Crippen LogP contribution in [0.1, 0.15) is 32.6 Å². The number of benzene rings is 3. The van der Waals surface area contributed by atoms with Crippen molar-refractivity contribution < 1.29 is 13.2 Å². The van der Waals surface area contributed by atoms with Crippen LogP contribution in [0.5, 0.6) is 0 Å². The third-order valence-corrected chi connectivity index (χ3v) is 6.95. The summed E-state index contributed by atoms with van der Waals surface area (Å²) in [7, 11) is -3.76. The first-order valence-electron chi connectivity index (χ1n) is 10.8. The Morgan fingerprint density at radius 1 is 0.941 bits per heavy atom. The van der Waals surface area contributed by atoms with Crippen molar-refractivity contribution in [2.45, 2.75) is 31.8 Å². The Kier molecular flexibility index (Phi) is 6.79. The fourth-order valence-electron chi connectivity index (χ4n) is 3.52. The van der Waals surface area contributed by atoms with Crippen LogP contribution in [-0.2, 0) is 23.1 Å². The van der Waals surface area contributed by atoms with E-state index < -0.39 is 10.0 Å².